The second-order valence-electron chi connectivity index (χ2n) is 8.67. The molecule has 35 heavy (non-hydrogen) atoms. The number of benzene rings is 2. The van der Waals surface area contributed by atoms with E-state index in [-0.39, 0.29) is 4.90 Å². The van der Waals surface area contributed by atoms with Crippen LogP contribution in [0.15, 0.2) is 71.9 Å². The van der Waals surface area contributed by atoms with Crippen molar-refractivity contribution in [1.82, 2.24) is 23.7 Å². The molecule has 2 aromatic carbocycles. The molecule has 0 spiro atoms. The first-order chi connectivity index (χ1) is 16.9. The van der Waals surface area contributed by atoms with Crippen LogP contribution in [0.5, 0.6) is 5.75 Å². The minimum Gasteiger partial charge on any atom is -0.497 e. The van der Waals surface area contributed by atoms with E-state index in [2.05, 4.69) is 44.3 Å². The Labute approximate surface area is 205 Å². The Morgan fingerprint density at radius 1 is 1.03 bits per heavy atom. The van der Waals surface area contributed by atoms with Crippen LogP contribution in [0.1, 0.15) is 5.56 Å². The Morgan fingerprint density at radius 2 is 1.80 bits per heavy atom. The van der Waals surface area contributed by atoms with Gasteiger partial charge in [0.25, 0.3) is 10.0 Å². The first-order valence-corrected chi connectivity index (χ1v) is 12.9. The molecule has 4 aromatic rings. The van der Waals surface area contributed by atoms with Crippen molar-refractivity contribution in [1.29, 1.82) is 0 Å². The second-order valence-corrected chi connectivity index (χ2v) is 10.5. The zero-order chi connectivity index (χ0) is 24.4. The number of anilines is 2. The highest BCUT2D eigenvalue weighted by Gasteiger charge is 2.21. The third-order valence-electron chi connectivity index (χ3n) is 6.20. The standard InChI is InChI=1S/C25H28N6O3S/c1-29-12-14-30(15-13-29)18-19-6-8-21(9-7-19)27-25-26-17-20-10-11-31(24(20)28-25)35(32,33)23-5-3-4-22(16-23)34-2/h3-11,16-17H,12-15,18H2,1-2H3,(H,26,27,28). The van der Waals surface area contributed by atoms with E-state index < -0.39 is 10.0 Å². The van der Waals surface area contributed by atoms with E-state index in [1.54, 1.807) is 24.4 Å². The molecule has 9 nitrogen and oxygen atoms in total. The lowest BCUT2D eigenvalue weighted by Gasteiger charge is -2.32. The van der Waals surface area contributed by atoms with Crippen molar-refractivity contribution in [2.75, 3.05) is 45.7 Å². The van der Waals surface area contributed by atoms with E-state index in [1.165, 1.54) is 35.0 Å². The van der Waals surface area contributed by atoms with Crippen molar-refractivity contribution < 1.29 is 13.2 Å². The maximum Gasteiger partial charge on any atom is 0.269 e. The van der Waals surface area contributed by atoms with E-state index in [0.29, 0.717) is 22.7 Å². The second kappa shape index (κ2) is 9.65. The number of aromatic nitrogens is 3. The van der Waals surface area contributed by atoms with Crippen LogP contribution >= 0.6 is 0 Å². The number of hydrogen-bond acceptors (Lipinski definition) is 8. The van der Waals surface area contributed by atoms with Gasteiger partial charge in [0, 0.05) is 62.3 Å². The lowest BCUT2D eigenvalue weighted by molar-refractivity contribution is 0.148. The van der Waals surface area contributed by atoms with Gasteiger partial charge in [-0.1, -0.05) is 18.2 Å². The molecule has 0 saturated carbocycles. The zero-order valence-corrected chi connectivity index (χ0v) is 20.6. The van der Waals surface area contributed by atoms with E-state index in [4.69, 9.17) is 4.74 Å². The highest BCUT2D eigenvalue weighted by molar-refractivity contribution is 7.90. The molecule has 0 atom stereocenters. The number of rotatable bonds is 7. The van der Waals surface area contributed by atoms with Crippen LogP contribution in [0.4, 0.5) is 11.6 Å². The fourth-order valence-electron chi connectivity index (χ4n) is 4.11. The fourth-order valence-corrected chi connectivity index (χ4v) is 5.45. The number of piperazine rings is 1. The Kier molecular flexibility index (Phi) is 6.42. The van der Waals surface area contributed by atoms with Crippen molar-refractivity contribution in [3.63, 3.8) is 0 Å². The molecule has 3 heterocycles. The zero-order valence-electron chi connectivity index (χ0n) is 19.8. The van der Waals surface area contributed by atoms with Crippen LogP contribution in [0, 0.1) is 0 Å². The monoisotopic (exact) mass is 492 g/mol. The Morgan fingerprint density at radius 3 is 2.54 bits per heavy atom. The lowest BCUT2D eigenvalue weighted by atomic mass is 10.2. The van der Waals surface area contributed by atoms with Gasteiger partial charge in [-0.05, 0) is 42.9 Å². The van der Waals surface area contributed by atoms with Crippen molar-refractivity contribution in [2.45, 2.75) is 11.4 Å². The predicted molar refractivity (Wildman–Crippen MR) is 136 cm³/mol. The maximum atomic E-state index is 13.3. The molecule has 2 aromatic heterocycles. The molecule has 0 bridgehead atoms. The number of hydrogen-bond donors (Lipinski definition) is 1. The Bertz CT molecular complexity index is 1430. The van der Waals surface area contributed by atoms with Crippen LogP contribution < -0.4 is 10.1 Å². The summed E-state index contributed by atoms with van der Waals surface area (Å²) in [5, 5.41) is 3.82. The summed E-state index contributed by atoms with van der Waals surface area (Å²) in [6, 6.07) is 16.2. The van der Waals surface area contributed by atoms with Crippen LogP contribution in [0.3, 0.4) is 0 Å². The summed E-state index contributed by atoms with van der Waals surface area (Å²) in [4.78, 5) is 13.8. The number of likely N-dealkylation sites (N-methyl/N-ethyl adjacent to an activating group) is 1. The SMILES string of the molecule is COc1cccc(S(=O)(=O)n2ccc3cnc(Nc4ccc(CN5CCN(C)CC5)cc4)nc32)c1. The molecule has 1 saturated heterocycles. The first kappa shape index (κ1) is 23.3. The minimum absolute atomic E-state index is 0.124. The molecule has 1 aliphatic heterocycles. The molecule has 0 unspecified atom stereocenters. The average molecular weight is 493 g/mol. The molecule has 5 rings (SSSR count). The van der Waals surface area contributed by atoms with E-state index >= 15 is 0 Å². The van der Waals surface area contributed by atoms with Gasteiger partial charge in [-0.25, -0.2) is 17.4 Å². The van der Waals surface area contributed by atoms with Gasteiger partial charge < -0.3 is 15.0 Å². The molecular formula is C25H28N6O3S. The van der Waals surface area contributed by atoms with Crippen LogP contribution in [0.2, 0.25) is 0 Å². The van der Waals surface area contributed by atoms with Gasteiger partial charge >= 0.3 is 0 Å². The molecule has 0 radical (unpaired) electrons. The smallest absolute Gasteiger partial charge is 0.269 e. The molecule has 10 heteroatoms. The molecule has 0 aliphatic carbocycles. The summed E-state index contributed by atoms with van der Waals surface area (Å²) in [5.74, 6) is 0.792. The number of fused-ring (bicyclic) bond motifs is 1. The molecule has 182 valence electrons. The Balaban J connectivity index is 1.35. The highest BCUT2D eigenvalue weighted by atomic mass is 32.2. The van der Waals surface area contributed by atoms with Gasteiger partial charge in [-0.3, -0.25) is 4.90 Å². The van der Waals surface area contributed by atoms with Crippen LogP contribution in [-0.4, -0.2) is 72.5 Å². The minimum atomic E-state index is -3.86. The van der Waals surface area contributed by atoms with Crippen LogP contribution in [-0.2, 0) is 16.6 Å². The van der Waals surface area contributed by atoms with Gasteiger partial charge in [0.1, 0.15) is 5.75 Å². The molecule has 1 N–H and O–H groups in total. The third kappa shape index (κ3) is 5.00. The quantitative estimate of drug-likeness (QED) is 0.421. The summed E-state index contributed by atoms with van der Waals surface area (Å²) in [6.45, 7) is 5.25. The van der Waals surface area contributed by atoms with Gasteiger partial charge in [0.15, 0.2) is 5.65 Å². The van der Waals surface area contributed by atoms with Crippen molar-refractivity contribution in [2.24, 2.45) is 0 Å². The topological polar surface area (TPSA) is 92.6 Å². The van der Waals surface area contributed by atoms with Crippen molar-refractivity contribution in [3.8, 4) is 5.75 Å². The molecule has 1 aliphatic rings. The van der Waals surface area contributed by atoms with Gasteiger partial charge in [0.2, 0.25) is 5.95 Å². The molecule has 1 fully saturated rings. The summed E-state index contributed by atoms with van der Waals surface area (Å²) in [5.41, 5.74) is 2.38. The number of ether oxygens (including phenoxy) is 1. The summed E-state index contributed by atoms with van der Waals surface area (Å²) in [7, 11) is -0.201. The van der Waals surface area contributed by atoms with E-state index in [9.17, 15) is 8.42 Å². The molecular weight excluding hydrogens is 464 g/mol. The molecule has 0 amide bonds. The highest BCUT2D eigenvalue weighted by Crippen LogP contribution is 2.25. The van der Waals surface area contributed by atoms with Gasteiger partial charge in [-0.15, -0.1) is 0 Å². The van der Waals surface area contributed by atoms with Gasteiger partial charge in [-0.2, -0.15) is 4.98 Å². The van der Waals surface area contributed by atoms with E-state index in [0.717, 1.165) is 38.4 Å². The Hall–Kier alpha value is -3.47. The third-order valence-corrected chi connectivity index (χ3v) is 7.87. The van der Waals surface area contributed by atoms with Crippen LogP contribution in [0.25, 0.3) is 11.0 Å². The summed E-state index contributed by atoms with van der Waals surface area (Å²) < 4.78 is 32.9. The summed E-state index contributed by atoms with van der Waals surface area (Å²) >= 11 is 0. The fraction of sp³-hybridized carbons (Fsp3) is 0.280. The van der Waals surface area contributed by atoms with E-state index in [1.807, 2.05) is 12.1 Å². The number of methoxy groups -OCH3 is 1. The number of nitrogens with one attached hydrogen (secondary N) is 1. The predicted octanol–water partition coefficient (Wildman–Crippen LogP) is 3.17. The lowest BCUT2D eigenvalue weighted by Crippen LogP contribution is -2.43. The summed E-state index contributed by atoms with van der Waals surface area (Å²) in [6.07, 6.45) is 3.11. The van der Waals surface area contributed by atoms with Gasteiger partial charge in [0.05, 0.1) is 12.0 Å². The normalized spacial score (nSPS) is 15.4. The first-order valence-electron chi connectivity index (χ1n) is 11.4. The van der Waals surface area contributed by atoms with Crippen molar-refractivity contribution >= 4 is 32.7 Å². The largest absolute Gasteiger partial charge is 0.497 e. The average Bonchev–Trinajstić information content (AvgIpc) is 3.31. The van der Waals surface area contributed by atoms with Crippen molar-refractivity contribution in [3.05, 3.63) is 72.6 Å². The maximum absolute atomic E-state index is 13.3. The number of nitrogens with zero attached hydrogens (tertiary/aromatic N) is 5.